The zero-order chi connectivity index (χ0) is 14.2. The highest BCUT2D eigenvalue weighted by atomic mass is 16.2. The minimum atomic E-state index is -0.275. The molecule has 1 aliphatic rings. The molecule has 1 fully saturated rings. The van der Waals surface area contributed by atoms with E-state index in [0.29, 0.717) is 13.1 Å². The number of nitrogens with zero attached hydrogens (tertiary/aromatic N) is 3. The normalized spacial score (nSPS) is 24.0. The average molecular weight is 266 g/mol. The molecule has 1 saturated heterocycles. The first-order valence-electron chi connectivity index (χ1n) is 6.55. The fourth-order valence-electron chi connectivity index (χ4n) is 2.59. The van der Waals surface area contributed by atoms with Gasteiger partial charge in [-0.15, -0.1) is 0 Å². The Hall–Kier alpha value is -1.40. The predicted octanol–water partition coefficient (Wildman–Crippen LogP) is -0.745. The van der Waals surface area contributed by atoms with Crippen LogP contribution in [0.25, 0.3) is 0 Å². The van der Waals surface area contributed by atoms with Gasteiger partial charge in [-0.2, -0.15) is 0 Å². The number of hydrogen-bond acceptors (Lipinski definition) is 4. The van der Waals surface area contributed by atoms with Crippen molar-refractivity contribution in [1.29, 1.82) is 0 Å². The Morgan fingerprint density at radius 1 is 1.32 bits per heavy atom. The fraction of sp³-hybridized carbons (Fsp3) is 0.692. The second kappa shape index (κ2) is 4.94. The van der Waals surface area contributed by atoms with E-state index >= 15 is 0 Å². The van der Waals surface area contributed by atoms with Crippen molar-refractivity contribution in [1.82, 2.24) is 14.0 Å². The van der Waals surface area contributed by atoms with Crippen molar-refractivity contribution in [2.45, 2.75) is 19.9 Å². The fourth-order valence-corrected chi connectivity index (χ4v) is 2.59. The van der Waals surface area contributed by atoms with E-state index in [4.69, 9.17) is 5.73 Å². The summed E-state index contributed by atoms with van der Waals surface area (Å²) in [5.74, 6) is 0. The van der Waals surface area contributed by atoms with E-state index < -0.39 is 0 Å². The maximum atomic E-state index is 11.9. The molecule has 2 rings (SSSR count). The lowest BCUT2D eigenvalue weighted by molar-refractivity contribution is 0.268. The van der Waals surface area contributed by atoms with Crippen LogP contribution >= 0.6 is 0 Å². The molecule has 1 aromatic rings. The average Bonchev–Trinajstić information content (AvgIpc) is 2.76. The molecule has 106 valence electrons. The minimum absolute atomic E-state index is 0.151. The van der Waals surface area contributed by atoms with Crippen molar-refractivity contribution in [3.8, 4) is 0 Å². The van der Waals surface area contributed by atoms with Crippen LogP contribution in [0.15, 0.2) is 15.7 Å². The number of likely N-dealkylation sites (tertiary alicyclic amines) is 1. The van der Waals surface area contributed by atoms with Crippen LogP contribution in [0.5, 0.6) is 0 Å². The lowest BCUT2D eigenvalue weighted by Gasteiger charge is -2.23. The first-order valence-corrected chi connectivity index (χ1v) is 6.55. The van der Waals surface area contributed by atoms with Crippen molar-refractivity contribution in [2.24, 2.45) is 25.2 Å². The largest absolute Gasteiger partial charge is 0.330 e. The molecule has 0 aromatic carbocycles. The van der Waals surface area contributed by atoms with Gasteiger partial charge in [0.25, 0.3) is 5.56 Å². The lowest BCUT2D eigenvalue weighted by Crippen LogP contribution is -2.39. The smallest absolute Gasteiger partial charge is 0.330 e. The van der Waals surface area contributed by atoms with Crippen molar-refractivity contribution in [3.63, 3.8) is 0 Å². The lowest BCUT2D eigenvalue weighted by atomic mass is 9.90. The van der Waals surface area contributed by atoms with Crippen LogP contribution in [-0.2, 0) is 20.6 Å². The molecule has 1 atom stereocenters. The van der Waals surface area contributed by atoms with Gasteiger partial charge in [0.15, 0.2) is 0 Å². The topological polar surface area (TPSA) is 73.3 Å². The zero-order valence-electron chi connectivity index (χ0n) is 11.8. The maximum absolute atomic E-state index is 11.9. The molecule has 0 amide bonds. The number of nitrogens with two attached hydrogens (primary N) is 1. The summed E-state index contributed by atoms with van der Waals surface area (Å²) in [4.78, 5) is 25.8. The Labute approximate surface area is 112 Å². The molecular formula is C13H22N4O2. The predicted molar refractivity (Wildman–Crippen MR) is 74.0 cm³/mol. The van der Waals surface area contributed by atoms with Crippen molar-refractivity contribution >= 4 is 0 Å². The van der Waals surface area contributed by atoms with Crippen molar-refractivity contribution < 1.29 is 0 Å². The molecule has 0 saturated carbocycles. The van der Waals surface area contributed by atoms with E-state index in [1.165, 1.54) is 7.05 Å². The van der Waals surface area contributed by atoms with Gasteiger partial charge in [-0.05, 0) is 24.9 Å². The summed E-state index contributed by atoms with van der Waals surface area (Å²) in [6.07, 6.45) is 1.06. The monoisotopic (exact) mass is 266 g/mol. The Balaban J connectivity index is 2.22. The van der Waals surface area contributed by atoms with Gasteiger partial charge in [0.1, 0.15) is 0 Å². The van der Waals surface area contributed by atoms with Crippen LogP contribution in [-0.4, -0.2) is 33.7 Å². The molecular weight excluding hydrogens is 244 g/mol. The molecule has 2 N–H and O–H groups in total. The van der Waals surface area contributed by atoms with Gasteiger partial charge in [0, 0.05) is 38.9 Å². The minimum Gasteiger partial charge on any atom is -0.330 e. The number of rotatable bonds is 3. The molecule has 0 aliphatic carbocycles. The van der Waals surface area contributed by atoms with Gasteiger partial charge in [0.05, 0.1) is 0 Å². The summed E-state index contributed by atoms with van der Waals surface area (Å²) in [6.45, 7) is 5.33. The van der Waals surface area contributed by atoms with E-state index in [1.807, 2.05) is 0 Å². The summed E-state index contributed by atoms with van der Waals surface area (Å²) >= 11 is 0. The number of hydrogen-bond donors (Lipinski definition) is 1. The van der Waals surface area contributed by atoms with E-state index in [9.17, 15) is 9.59 Å². The van der Waals surface area contributed by atoms with Gasteiger partial charge >= 0.3 is 5.69 Å². The summed E-state index contributed by atoms with van der Waals surface area (Å²) < 4.78 is 2.66. The summed E-state index contributed by atoms with van der Waals surface area (Å²) in [6, 6.07) is 1.54. The van der Waals surface area contributed by atoms with Crippen LogP contribution in [0.2, 0.25) is 0 Å². The quantitative estimate of drug-likeness (QED) is 0.781. The highest BCUT2D eigenvalue weighted by molar-refractivity contribution is 5.03. The molecule has 0 spiro atoms. The standard InChI is InChI=1S/C13H22N4O2/c1-13(8-14)4-5-17(9-13)7-10-6-11(18)16(3)12(19)15(10)2/h6H,4-5,7-9,14H2,1-3H3. The molecule has 1 aliphatic heterocycles. The van der Waals surface area contributed by atoms with Crippen LogP contribution in [0.3, 0.4) is 0 Å². The molecule has 1 aromatic heterocycles. The molecule has 0 bridgehead atoms. The summed E-state index contributed by atoms with van der Waals surface area (Å²) in [5.41, 5.74) is 6.17. The molecule has 6 heteroatoms. The van der Waals surface area contributed by atoms with Crippen LogP contribution in [0, 0.1) is 5.41 Å². The third kappa shape index (κ3) is 2.64. The Morgan fingerprint density at radius 3 is 2.58 bits per heavy atom. The van der Waals surface area contributed by atoms with Crippen LogP contribution < -0.4 is 17.0 Å². The van der Waals surface area contributed by atoms with Gasteiger partial charge in [-0.3, -0.25) is 18.8 Å². The number of aromatic nitrogens is 2. The van der Waals surface area contributed by atoms with E-state index in [0.717, 1.165) is 29.8 Å². The zero-order valence-corrected chi connectivity index (χ0v) is 11.8. The van der Waals surface area contributed by atoms with Gasteiger partial charge in [-0.25, -0.2) is 4.79 Å². The molecule has 19 heavy (non-hydrogen) atoms. The first-order chi connectivity index (χ1) is 8.86. The Morgan fingerprint density at radius 2 is 2.00 bits per heavy atom. The Kier molecular flexibility index (Phi) is 3.64. The Bertz CT molecular complexity index is 589. The third-order valence-corrected chi connectivity index (χ3v) is 4.14. The molecule has 0 radical (unpaired) electrons. The van der Waals surface area contributed by atoms with Crippen LogP contribution in [0.4, 0.5) is 0 Å². The third-order valence-electron chi connectivity index (χ3n) is 4.14. The highest BCUT2D eigenvalue weighted by Crippen LogP contribution is 2.29. The van der Waals surface area contributed by atoms with E-state index in [-0.39, 0.29) is 16.7 Å². The van der Waals surface area contributed by atoms with Crippen LogP contribution in [0.1, 0.15) is 19.0 Å². The molecule has 1 unspecified atom stereocenters. The summed E-state index contributed by atoms with van der Waals surface area (Å²) in [7, 11) is 3.20. The SMILES string of the molecule is Cn1c(CN2CCC(C)(CN)C2)cc(=O)n(C)c1=O. The van der Waals surface area contributed by atoms with Gasteiger partial charge in [-0.1, -0.05) is 6.92 Å². The van der Waals surface area contributed by atoms with Crippen molar-refractivity contribution in [3.05, 3.63) is 32.6 Å². The second-order valence-corrected chi connectivity index (χ2v) is 5.85. The second-order valence-electron chi connectivity index (χ2n) is 5.85. The van der Waals surface area contributed by atoms with Gasteiger partial charge < -0.3 is 5.73 Å². The van der Waals surface area contributed by atoms with E-state index in [1.54, 1.807) is 17.7 Å². The highest BCUT2D eigenvalue weighted by Gasteiger charge is 2.32. The van der Waals surface area contributed by atoms with Gasteiger partial charge in [0.2, 0.25) is 0 Å². The molecule has 6 nitrogen and oxygen atoms in total. The summed E-state index contributed by atoms with van der Waals surface area (Å²) in [5, 5.41) is 0. The molecule has 2 heterocycles. The van der Waals surface area contributed by atoms with E-state index in [2.05, 4.69) is 11.8 Å². The van der Waals surface area contributed by atoms with Crippen molar-refractivity contribution in [2.75, 3.05) is 19.6 Å². The first kappa shape index (κ1) is 14.0. The maximum Gasteiger partial charge on any atom is 0.330 e.